The van der Waals surface area contributed by atoms with Crippen LogP contribution in [0.15, 0.2) is 12.7 Å². The normalized spacial score (nSPS) is 30.4. The third kappa shape index (κ3) is 4.13. The Labute approximate surface area is 201 Å². The number of imidazole rings is 1. The molecular weight excluding hydrogens is 456 g/mol. The highest BCUT2D eigenvalue weighted by Crippen LogP contribution is 2.49. The number of carboxylic acid groups (broad SMARTS) is 1. The van der Waals surface area contributed by atoms with Gasteiger partial charge in [-0.2, -0.15) is 0 Å². The summed E-state index contributed by atoms with van der Waals surface area (Å²) in [6.07, 6.45) is 9.45. The molecule has 4 aliphatic rings. The minimum absolute atomic E-state index is 0.155. The van der Waals surface area contributed by atoms with Gasteiger partial charge in [0.15, 0.2) is 35.1 Å². The SMILES string of the molecule is O=C(Nc1ncnc2c1ncn2[C@@H]1O[C@H](C(=O)O)C2OC3(CCCCC3)OC21)NC1CCCCC1. The van der Waals surface area contributed by atoms with E-state index in [2.05, 4.69) is 25.6 Å². The van der Waals surface area contributed by atoms with Crippen LogP contribution in [0, 0.1) is 0 Å². The number of amides is 2. The van der Waals surface area contributed by atoms with E-state index in [0.29, 0.717) is 11.2 Å². The molecule has 4 heterocycles. The molecule has 2 saturated carbocycles. The maximum absolute atomic E-state index is 12.6. The van der Waals surface area contributed by atoms with Crippen molar-refractivity contribution in [2.75, 3.05) is 5.32 Å². The number of carboxylic acids is 1. The summed E-state index contributed by atoms with van der Waals surface area (Å²) in [6.45, 7) is 0. The van der Waals surface area contributed by atoms with Gasteiger partial charge >= 0.3 is 12.0 Å². The second-order valence-corrected chi connectivity index (χ2v) is 9.90. The number of aliphatic carboxylic acids is 1. The highest BCUT2D eigenvalue weighted by molar-refractivity contribution is 5.96. The number of hydrogen-bond acceptors (Lipinski definition) is 8. The zero-order valence-electron chi connectivity index (χ0n) is 19.4. The number of fused-ring (bicyclic) bond motifs is 2. The Hall–Kier alpha value is -2.83. The molecule has 2 aromatic heterocycles. The molecule has 2 amide bonds. The molecule has 6 rings (SSSR count). The molecule has 2 aliphatic heterocycles. The summed E-state index contributed by atoms with van der Waals surface area (Å²) in [4.78, 5) is 37.5. The predicted molar refractivity (Wildman–Crippen MR) is 121 cm³/mol. The lowest BCUT2D eigenvalue weighted by Crippen LogP contribution is -2.39. The van der Waals surface area contributed by atoms with Crippen molar-refractivity contribution in [3.05, 3.63) is 12.7 Å². The molecule has 4 fully saturated rings. The molecule has 2 unspecified atom stereocenters. The highest BCUT2D eigenvalue weighted by Gasteiger charge is 2.61. The van der Waals surface area contributed by atoms with Gasteiger partial charge in [-0.15, -0.1) is 0 Å². The van der Waals surface area contributed by atoms with E-state index in [-0.39, 0.29) is 17.9 Å². The molecule has 0 radical (unpaired) electrons. The van der Waals surface area contributed by atoms with Crippen molar-refractivity contribution in [3.8, 4) is 0 Å². The molecule has 2 aromatic rings. The van der Waals surface area contributed by atoms with Crippen molar-refractivity contribution in [1.82, 2.24) is 24.8 Å². The lowest BCUT2D eigenvalue weighted by molar-refractivity contribution is -0.231. The van der Waals surface area contributed by atoms with Crippen LogP contribution >= 0.6 is 0 Å². The summed E-state index contributed by atoms with van der Waals surface area (Å²) in [6, 6.07) is -0.177. The number of nitrogens with one attached hydrogen (secondary N) is 2. The fourth-order valence-electron chi connectivity index (χ4n) is 5.87. The van der Waals surface area contributed by atoms with Gasteiger partial charge in [-0.05, 0) is 25.7 Å². The largest absolute Gasteiger partial charge is 0.479 e. The third-order valence-electron chi connectivity index (χ3n) is 7.55. The summed E-state index contributed by atoms with van der Waals surface area (Å²) >= 11 is 0. The first-order valence-electron chi connectivity index (χ1n) is 12.5. The molecule has 188 valence electrons. The maximum atomic E-state index is 12.6. The van der Waals surface area contributed by atoms with E-state index in [1.807, 2.05) is 0 Å². The van der Waals surface area contributed by atoms with Gasteiger partial charge < -0.3 is 24.6 Å². The molecule has 12 nitrogen and oxygen atoms in total. The Kier molecular flexibility index (Phi) is 5.81. The molecule has 0 aromatic carbocycles. The van der Waals surface area contributed by atoms with E-state index in [4.69, 9.17) is 14.2 Å². The van der Waals surface area contributed by atoms with E-state index in [9.17, 15) is 14.7 Å². The summed E-state index contributed by atoms with van der Waals surface area (Å²) in [5.41, 5.74) is 0.799. The van der Waals surface area contributed by atoms with E-state index in [0.717, 1.165) is 57.8 Å². The van der Waals surface area contributed by atoms with Gasteiger partial charge in [0.25, 0.3) is 0 Å². The number of rotatable bonds is 4. The average Bonchev–Trinajstić information content (AvgIpc) is 3.52. The first-order valence-corrected chi connectivity index (χ1v) is 12.5. The number of aromatic nitrogens is 4. The van der Waals surface area contributed by atoms with Crippen molar-refractivity contribution in [2.45, 2.75) is 101 Å². The minimum atomic E-state index is -1.16. The van der Waals surface area contributed by atoms with Gasteiger partial charge in [-0.25, -0.2) is 24.5 Å². The van der Waals surface area contributed by atoms with Crippen LogP contribution in [-0.2, 0) is 19.0 Å². The molecule has 3 N–H and O–H groups in total. The van der Waals surface area contributed by atoms with Gasteiger partial charge in [-0.3, -0.25) is 9.88 Å². The monoisotopic (exact) mass is 486 g/mol. The van der Waals surface area contributed by atoms with E-state index in [1.165, 1.54) is 19.1 Å². The Balaban J connectivity index is 1.25. The number of hydrogen-bond donors (Lipinski definition) is 3. The fourth-order valence-corrected chi connectivity index (χ4v) is 5.87. The van der Waals surface area contributed by atoms with Gasteiger partial charge in [-0.1, -0.05) is 25.7 Å². The van der Waals surface area contributed by atoms with Crippen molar-refractivity contribution in [3.63, 3.8) is 0 Å². The number of carbonyl (C=O) groups is 2. The smallest absolute Gasteiger partial charge is 0.335 e. The molecule has 0 bridgehead atoms. The van der Waals surface area contributed by atoms with Crippen LogP contribution in [-0.4, -0.2) is 66.8 Å². The second-order valence-electron chi connectivity index (χ2n) is 9.90. The molecular formula is C23H30N6O6. The zero-order valence-corrected chi connectivity index (χ0v) is 19.4. The Morgan fingerprint density at radius 1 is 1.00 bits per heavy atom. The van der Waals surface area contributed by atoms with Crippen LogP contribution in [0.25, 0.3) is 11.2 Å². The second kappa shape index (κ2) is 8.99. The summed E-state index contributed by atoms with van der Waals surface area (Å²) in [5.74, 6) is -1.59. The van der Waals surface area contributed by atoms with Crippen molar-refractivity contribution >= 4 is 29.0 Å². The average molecular weight is 487 g/mol. The minimum Gasteiger partial charge on any atom is -0.479 e. The summed E-state index contributed by atoms with van der Waals surface area (Å²) in [7, 11) is 0. The van der Waals surface area contributed by atoms with Gasteiger partial charge in [0.1, 0.15) is 18.5 Å². The van der Waals surface area contributed by atoms with Crippen molar-refractivity contribution < 1.29 is 28.9 Å². The number of nitrogens with zero attached hydrogens (tertiary/aromatic N) is 4. The van der Waals surface area contributed by atoms with E-state index in [1.54, 1.807) is 4.57 Å². The van der Waals surface area contributed by atoms with Crippen LogP contribution in [0.2, 0.25) is 0 Å². The number of urea groups is 1. The molecule has 1 spiro atoms. The van der Waals surface area contributed by atoms with E-state index >= 15 is 0 Å². The first kappa shape index (κ1) is 22.6. The molecule has 2 saturated heterocycles. The predicted octanol–water partition coefficient (Wildman–Crippen LogP) is 2.71. The molecule has 35 heavy (non-hydrogen) atoms. The van der Waals surface area contributed by atoms with Gasteiger partial charge in [0.05, 0.1) is 6.33 Å². The lowest BCUT2D eigenvalue weighted by Gasteiger charge is -2.33. The summed E-state index contributed by atoms with van der Waals surface area (Å²) in [5, 5.41) is 15.6. The maximum Gasteiger partial charge on any atom is 0.335 e. The van der Waals surface area contributed by atoms with Crippen LogP contribution in [0.5, 0.6) is 0 Å². The highest BCUT2D eigenvalue weighted by atomic mass is 16.8. The van der Waals surface area contributed by atoms with Gasteiger partial charge in [0.2, 0.25) is 0 Å². The number of ether oxygens (including phenoxy) is 3. The molecule has 2 aliphatic carbocycles. The Morgan fingerprint density at radius 3 is 2.51 bits per heavy atom. The van der Waals surface area contributed by atoms with Crippen LogP contribution < -0.4 is 10.6 Å². The third-order valence-corrected chi connectivity index (χ3v) is 7.55. The first-order chi connectivity index (χ1) is 17.0. The standard InChI is InChI=1S/C23H30N6O6/c30-21(31)17-15-16(35-23(34-15)9-5-2-6-10-23)20(33-17)29-12-26-14-18(24-11-25-19(14)29)28-22(32)27-13-7-3-1-4-8-13/h11-13,15-17,20H,1-10H2,(H,30,31)(H2,24,25,27,28,32)/t15?,16?,17-,20+/m0/s1. The van der Waals surface area contributed by atoms with E-state index < -0.39 is 36.3 Å². The fraction of sp³-hybridized carbons (Fsp3) is 0.696. The number of anilines is 1. The molecule has 4 atom stereocenters. The van der Waals surface area contributed by atoms with Crippen LogP contribution in [0.4, 0.5) is 10.6 Å². The van der Waals surface area contributed by atoms with Crippen molar-refractivity contribution in [2.24, 2.45) is 0 Å². The zero-order chi connectivity index (χ0) is 24.0. The van der Waals surface area contributed by atoms with Crippen molar-refractivity contribution in [1.29, 1.82) is 0 Å². The quantitative estimate of drug-likeness (QED) is 0.593. The van der Waals surface area contributed by atoms with Gasteiger partial charge in [0, 0.05) is 18.9 Å². The topological polar surface area (TPSA) is 150 Å². The lowest BCUT2D eigenvalue weighted by atomic mass is 9.94. The Morgan fingerprint density at radius 2 is 1.74 bits per heavy atom. The summed E-state index contributed by atoms with van der Waals surface area (Å²) < 4.78 is 20.2. The Bertz CT molecular complexity index is 1110. The molecule has 12 heteroatoms. The van der Waals surface area contributed by atoms with Crippen LogP contribution in [0.3, 0.4) is 0 Å². The van der Waals surface area contributed by atoms with Crippen LogP contribution in [0.1, 0.15) is 70.4 Å². The number of carbonyl (C=O) groups excluding carboxylic acids is 1.